The normalized spacial score (nSPS) is 27.0. The molecule has 0 aromatic heterocycles. The number of ketones is 1. The van der Waals surface area contributed by atoms with Crippen molar-refractivity contribution in [2.24, 2.45) is 11.8 Å². The van der Waals surface area contributed by atoms with E-state index in [-0.39, 0.29) is 18.1 Å². The third-order valence-electron chi connectivity index (χ3n) is 2.94. The third-order valence-corrected chi connectivity index (χ3v) is 2.94. The van der Waals surface area contributed by atoms with Gasteiger partial charge >= 0.3 is 5.97 Å². The van der Waals surface area contributed by atoms with E-state index in [1.807, 2.05) is 0 Å². The molecule has 0 spiro atoms. The number of hydrogen-bond acceptors (Lipinski definition) is 3. The molecule has 1 aliphatic carbocycles. The van der Waals surface area contributed by atoms with Crippen molar-refractivity contribution in [3.05, 3.63) is 0 Å². The molecular formula is C11H18O3. The standard InChI is InChI=1S/C11H18O3/c1-8-4-3-5-9(6-8)10(12)7-11(13)14-2/h8-9H,3-7H2,1-2H3. The second-order valence-corrected chi connectivity index (χ2v) is 4.19. The highest BCUT2D eigenvalue weighted by Crippen LogP contribution is 2.29. The lowest BCUT2D eigenvalue weighted by atomic mass is 9.79. The molecule has 0 N–H and O–H groups in total. The minimum Gasteiger partial charge on any atom is -0.469 e. The largest absolute Gasteiger partial charge is 0.469 e. The Morgan fingerprint density at radius 2 is 2.07 bits per heavy atom. The van der Waals surface area contributed by atoms with E-state index in [1.54, 1.807) is 0 Å². The molecule has 0 radical (unpaired) electrons. The Morgan fingerprint density at radius 3 is 2.64 bits per heavy atom. The fourth-order valence-corrected chi connectivity index (χ4v) is 2.09. The first kappa shape index (κ1) is 11.2. The van der Waals surface area contributed by atoms with E-state index in [1.165, 1.54) is 13.5 Å². The number of rotatable bonds is 3. The van der Waals surface area contributed by atoms with Gasteiger partial charge in [-0.2, -0.15) is 0 Å². The maximum Gasteiger partial charge on any atom is 0.313 e. The molecule has 14 heavy (non-hydrogen) atoms. The number of Topliss-reactive ketones (excluding diaryl/α,β-unsaturated/α-hetero) is 1. The van der Waals surface area contributed by atoms with E-state index < -0.39 is 5.97 Å². The molecule has 3 heteroatoms. The Morgan fingerprint density at radius 1 is 1.36 bits per heavy atom. The second kappa shape index (κ2) is 5.13. The first-order valence-electron chi connectivity index (χ1n) is 5.23. The van der Waals surface area contributed by atoms with Crippen LogP contribution in [0.2, 0.25) is 0 Å². The zero-order chi connectivity index (χ0) is 10.6. The van der Waals surface area contributed by atoms with Gasteiger partial charge < -0.3 is 4.74 Å². The van der Waals surface area contributed by atoms with Gasteiger partial charge in [0.2, 0.25) is 0 Å². The van der Waals surface area contributed by atoms with Crippen LogP contribution in [0.4, 0.5) is 0 Å². The minimum atomic E-state index is -0.409. The lowest BCUT2D eigenvalue weighted by molar-refractivity contribution is -0.144. The van der Waals surface area contributed by atoms with Gasteiger partial charge in [-0.15, -0.1) is 0 Å². The van der Waals surface area contributed by atoms with Crippen molar-refractivity contribution in [2.75, 3.05) is 7.11 Å². The van der Waals surface area contributed by atoms with Crippen LogP contribution >= 0.6 is 0 Å². The summed E-state index contributed by atoms with van der Waals surface area (Å²) in [6.07, 6.45) is 4.16. The molecule has 1 rings (SSSR count). The molecule has 80 valence electrons. The molecule has 3 nitrogen and oxygen atoms in total. The highest BCUT2D eigenvalue weighted by atomic mass is 16.5. The minimum absolute atomic E-state index is 0.0477. The molecule has 1 fully saturated rings. The molecular weight excluding hydrogens is 180 g/mol. The average molecular weight is 198 g/mol. The van der Waals surface area contributed by atoms with Gasteiger partial charge in [-0.3, -0.25) is 9.59 Å². The summed E-state index contributed by atoms with van der Waals surface area (Å²) in [5, 5.41) is 0. The Labute approximate surface area is 84.8 Å². The van der Waals surface area contributed by atoms with Crippen LogP contribution in [0.1, 0.15) is 39.0 Å². The predicted octanol–water partition coefficient (Wildman–Crippen LogP) is 1.94. The van der Waals surface area contributed by atoms with E-state index in [2.05, 4.69) is 11.7 Å². The average Bonchev–Trinajstić information content (AvgIpc) is 2.17. The van der Waals surface area contributed by atoms with Crippen LogP contribution in [-0.4, -0.2) is 18.9 Å². The Bertz CT molecular complexity index is 223. The van der Waals surface area contributed by atoms with Crippen LogP contribution < -0.4 is 0 Å². The van der Waals surface area contributed by atoms with Crippen molar-refractivity contribution in [1.82, 2.24) is 0 Å². The summed E-state index contributed by atoms with van der Waals surface area (Å²) < 4.78 is 4.48. The lowest BCUT2D eigenvalue weighted by Gasteiger charge is -2.25. The first-order valence-corrected chi connectivity index (χ1v) is 5.23. The highest BCUT2D eigenvalue weighted by molar-refractivity contribution is 5.96. The quantitative estimate of drug-likeness (QED) is 0.514. The zero-order valence-corrected chi connectivity index (χ0v) is 8.91. The van der Waals surface area contributed by atoms with Gasteiger partial charge in [0.05, 0.1) is 7.11 Å². The van der Waals surface area contributed by atoms with Crippen LogP contribution in [0, 0.1) is 11.8 Å². The van der Waals surface area contributed by atoms with Crippen LogP contribution in [0.15, 0.2) is 0 Å². The van der Waals surface area contributed by atoms with E-state index >= 15 is 0 Å². The summed E-state index contributed by atoms with van der Waals surface area (Å²) in [6.45, 7) is 2.16. The van der Waals surface area contributed by atoms with Gasteiger partial charge in [0, 0.05) is 5.92 Å². The number of ether oxygens (including phenoxy) is 1. The lowest BCUT2D eigenvalue weighted by Crippen LogP contribution is -2.24. The van der Waals surface area contributed by atoms with Crippen LogP contribution in [0.3, 0.4) is 0 Å². The smallest absolute Gasteiger partial charge is 0.313 e. The SMILES string of the molecule is COC(=O)CC(=O)C1CCCC(C)C1. The molecule has 1 aliphatic rings. The van der Waals surface area contributed by atoms with E-state index in [0.717, 1.165) is 19.3 Å². The van der Waals surface area contributed by atoms with Crippen molar-refractivity contribution in [2.45, 2.75) is 39.0 Å². The van der Waals surface area contributed by atoms with Crippen LogP contribution in [-0.2, 0) is 14.3 Å². The number of esters is 1. The summed E-state index contributed by atoms with van der Waals surface area (Å²) in [6, 6.07) is 0. The maximum atomic E-state index is 11.6. The fraction of sp³-hybridized carbons (Fsp3) is 0.818. The zero-order valence-electron chi connectivity index (χ0n) is 8.91. The summed E-state index contributed by atoms with van der Waals surface area (Å²) in [7, 11) is 1.32. The maximum absolute atomic E-state index is 11.6. The molecule has 0 aromatic rings. The molecule has 0 aliphatic heterocycles. The van der Waals surface area contributed by atoms with Crippen molar-refractivity contribution in [1.29, 1.82) is 0 Å². The summed E-state index contributed by atoms with van der Waals surface area (Å²) in [4.78, 5) is 22.5. The molecule has 1 saturated carbocycles. The molecule has 0 amide bonds. The molecule has 0 aromatic carbocycles. The van der Waals surface area contributed by atoms with Crippen molar-refractivity contribution >= 4 is 11.8 Å². The predicted molar refractivity (Wildman–Crippen MR) is 52.8 cm³/mol. The summed E-state index contributed by atoms with van der Waals surface area (Å²) >= 11 is 0. The Kier molecular flexibility index (Phi) is 4.11. The van der Waals surface area contributed by atoms with E-state index in [0.29, 0.717) is 5.92 Å². The van der Waals surface area contributed by atoms with Gasteiger partial charge in [0.25, 0.3) is 0 Å². The van der Waals surface area contributed by atoms with Crippen molar-refractivity contribution in [3.8, 4) is 0 Å². The number of hydrogen-bond donors (Lipinski definition) is 0. The first-order chi connectivity index (χ1) is 6.63. The van der Waals surface area contributed by atoms with Crippen LogP contribution in [0.25, 0.3) is 0 Å². The van der Waals surface area contributed by atoms with Crippen molar-refractivity contribution < 1.29 is 14.3 Å². The van der Waals surface area contributed by atoms with E-state index in [9.17, 15) is 9.59 Å². The highest BCUT2D eigenvalue weighted by Gasteiger charge is 2.26. The summed E-state index contributed by atoms with van der Waals surface area (Å²) in [5.41, 5.74) is 0. The molecule has 0 heterocycles. The van der Waals surface area contributed by atoms with Crippen molar-refractivity contribution in [3.63, 3.8) is 0 Å². The molecule has 0 bridgehead atoms. The topological polar surface area (TPSA) is 43.4 Å². The van der Waals surface area contributed by atoms with Crippen LogP contribution in [0.5, 0.6) is 0 Å². The van der Waals surface area contributed by atoms with Gasteiger partial charge in [-0.05, 0) is 18.8 Å². The fourth-order valence-electron chi connectivity index (χ4n) is 2.09. The van der Waals surface area contributed by atoms with E-state index in [4.69, 9.17) is 0 Å². The van der Waals surface area contributed by atoms with Gasteiger partial charge in [-0.1, -0.05) is 19.8 Å². The van der Waals surface area contributed by atoms with Gasteiger partial charge in [-0.25, -0.2) is 0 Å². The second-order valence-electron chi connectivity index (χ2n) is 4.19. The number of carbonyl (C=O) groups is 2. The number of methoxy groups -OCH3 is 1. The Hall–Kier alpha value is -0.860. The van der Waals surface area contributed by atoms with Gasteiger partial charge in [0.1, 0.15) is 12.2 Å². The molecule has 2 atom stereocenters. The summed E-state index contributed by atoms with van der Waals surface area (Å²) in [5.74, 6) is 0.366. The Balaban J connectivity index is 2.39. The van der Waals surface area contributed by atoms with Gasteiger partial charge in [0.15, 0.2) is 0 Å². The number of carbonyl (C=O) groups excluding carboxylic acids is 2. The third kappa shape index (κ3) is 3.13. The molecule has 0 saturated heterocycles. The monoisotopic (exact) mass is 198 g/mol. The molecule has 2 unspecified atom stereocenters.